The summed E-state index contributed by atoms with van der Waals surface area (Å²) < 4.78 is 2.17. The molecule has 0 unspecified atom stereocenters. The molecule has 0 saturated heterocycles. The highest BCUT2D eigenvalue weighted by atomic mass is 35.5. The fraction of sp³-hybridized carbons (Fsp3) is 0.0769. The number of aromatic nitrogens is 1. The molecule has 0 spiro atoms. The Kier molecular flexibility index (Phi) is 6.32. The summed E-state index contributed by atoms with van der Waals surface area (Å²) in [4.78, 5) is 12.8. The van der Waals surface area contributed by atoms with Crippen LogP contribution in [-0.4, -0.2) is 10.5 Å². The van der Waals surface area contributed by atoms with Crippen molar-refractivity contribution < 1.29 is 4.79 Å². The minimum Gasteiger partial charge on any atom is -0.340 e. The van der Waals surface area contributed by atoms with Crippen molar-refractivity contribution in [1.82, 2.24) is 4.57 Å². The van der Waals surface area contributed by atoms with Gasteiger partial charge in [-0.3, -0.25) is 4.79 Å². The van der Waals surface area contributed by atoms with Crippen molar-refractivity contribution in [1.29, 1.82) is 5.26 Å². The van der Waals surface area contributed by atoms with Gasteiger partial charge < -0.3 is 9.88 Å². The van der Waals surface area contributed by atoms with E-state index in [9.17, 15) is 10.1 Å². The van der Waals surface area contributed by atoms with Crippen LogP contribution in [0.4, 0.5) is 5.69 Å². The van der Waals surface area contributed by atoms with Crippen molar-refractivity contribution in [3.05, 3.63) is 105 Å². The van der Waals surface area contributed by atoms with Crippen LogP contribution in [0.2, 0.25) is 10.0 Å². The lowest BCUT2D eigenvalue weighted by Gasteiger charge is -2.09. The zero-order valence-corrected chi connectivity index (χ0v) is 18.8. The molecular weight excluding hydrogens is 441 g/mol. The third-order valence-corrected chi connectivity index (χ3v) is 5.76. The topological polar surface area (TPSA) is 57.8 Å². The van der Waals surface area contributed by atoms with Gasteiger partial charge in [0.1, 0.15) is 11.6 Å². The molecule has 1 heterocycles. The molecule has 0 aliphatic rings. The van der Waals surface area contributed by atoms with Crippen LogP contribution in [-0.2, 0) is 11.3 Å². The van der Waals surface area contributed by atoms with E-state index < -0.39 is 5.91 Å². The Balaban J connectivity index is 1.73. The first-order chi connectivity index (χ1) is 15.5. The molecule has 0 radical (unpaired) electrons. The minimum atomic E-state index is -0.483. The average molecular weight is 460 g/mol. The highest BCUT2D eigenvalue weighted by molar-refractivity contribution is 6.31. The van der Waals surface area contributed by atoms with E-state index in [1.54, 1.807) is 30.3 Å². The van der Waals surface area contributed by atoms with E-state index in [-0.39, 0.29) is 5.57 Å². The lowest BCUT2D eigenvalue weighted by atomic mass is 10.1. The molecule has 158 valence electrons. The van der Waals surface area contributed by atoms with E-state index in [1.165, 1.54) is 0 Å². The van der Waals surface area contributed by atoms with Gasteiger partial charge >= 0.3 is 0 Å². The number of hydrogen-bond donors (Lipinski definition) is 1. The Morgan fingerprint density at radius 2 is 1.78 bits per heavy atom. The van der Waals surface area contributed by atoms with Crippen LogP contribution < -0.4 is 5.32 Å². The van der Waals surface area contributed by atoms with Crippen LogP contribution in [0, 0.1) is 18.3 Å². The first kappa shape index (κ1) is 21.7. The number of carbonyl (C=O) groups is 1. The molecule has 4 aromatic rings. The van der Waals surface area contributed by atoms with E-state index in [2.05, 4.69) is 9.88 Å². The molecule has 0 saturated carbocycles. The molecule has 1 N–H and O–H groups in total. The van der Waals surface area contributed by atoms with Crippen LogP contribution in [0.15, 0.2) is 78.4 Å². The second kappa shape index (κ2) is 9.32. The largest absolute Gasteiger partial charge is 0.340 e. The number of carbonyl (C=O) groups excluding carboxylic acids is 1. The number of nitriles is 1. The van der Waals surface area contributed by atoms with Gasteiger partial charge in [-0.2, -0.15) is 5.26 Å². The Morgan fingerprint density at radius 1 is 1.03 bits per heavy atom. The smallest absolute Gasteiger partial charge is 0.266 e. The van der Waals surface area contributed by atoms with Crippen molar-refractivity contribution in [2.75, 3.05) is 5.32 Å². The van der Waals surface area contributed by atoms with E-state index in [0.29, 0.717) is 22.3 Å². The number of fused-ring (bicyclic) bond motifs is 1. The molecule has 4 nitrogen and oxygen atoms in total. The minimum absolute atomic E-state index is 0.0162. The Bertz CT molecular complexity index is 1380. The third kappa shape index (κ3) is 4.55. The molecule has 0 aliphatic heterocycles. The molecule has 32 heavy (non-hydrogen) atoms. The number of rotatable bonds is 5. The number of para-hydroxylation sites is 1. The summed E-state index contributed by atoms with van der Waals surface area (Å²) >= 11 is 12.0. The number of benzene rings is 3. The summed E-state index contributed by atoms with van der Waals surface area (Å²) in [6.45, 7) is 2.64. The summed E-state index contributed by atoms with van der Waals surface area (Å²) in [6.07, 6.45) is 1.65. The van der Waals surface area contributed by atoms with Gasteiger partial charge in [0.15, 0.2) is 0 Å². The standard InChI is InChI=1S/C26H19Cl2N3O/c1-17-24(13-19(15-29)26(32)30-22-6-4-5-21(28)14-22)23-7-2-3-8-25(23)31(17)16-18-9-11-20(27)12-10-18/h2-14H,16H2,1H3,(H,30,32)/b19-13-. The average Bonchev–Trinajstić information content (AvgIpc) is 3.04. The molecule has 0 aliphatic carbocycles. The maximum absolute atomic E-state index is 12.8. The van der Waals surface area contributed by atoms with Crippen LogP contribution in [0.3, 0.4) is 0 Å². The van der Waals surface area contributed by atoms with Crippen molar-refractivity contribution in [2.24, 2.45) is 0 Å². The molecule has 3 aromatic carbocycles. The lowest BCUT2D eigenvalue weighted by Crippen LogP contribution is -2.13. The predicted octanol–water partition coefficient (Wildman–Crippen LogP) is 6.85. The van der Waals surface area contributed by atoms with Crippen molar-refractivity contribution in [2.45, 2.75) is 13.5 Å². The van der Waals surface area contributed by atoms with Gasteiger partial charge in [0.05, 0.1) is 0 Å². The molecule has 4 rings (SSSR count). The highest BCUT2D eigenvalue weighted by Gasteiger charge is 2.16. The van der Waals surface area contributed by atoms with Crippen LogP contribution in [0.5, 0.6) is 0 Å². The van der Waals surface area contributed by atoms with Crippen molar-refractivity contribution >= 4 is 51.8 Å². The van der Waals surface area contributed by atoms with E-state index >= 15 is 0 Å². The number of hydrogen-bond acceptors (Lipinski definition) is 2. The van der Waals surface area contributed by atoms with E-state index in [0.717, 1.165) is 27.7 Å². The van der Waals surface area contributed by atoms with Crippen molar-refractivity contribution in [3.8, 4) is 6.07 Å². The fourth-order valence-corrected chi connectivity index (χ4v) is 3.99. The van der Waals surface area contributed by atoms with Gasteiger partial charge in [0, 0.05) is 44.4 Å². The third-order valence-electron chi connectivity index (χ3n) is 5.27. The number of amides is 1. The maximum atomic E-state index is 12.8. The predicted molar refractivity (Wildman–Crippen MR) is 131 cm³/mol. The van der Waals surface area contributed by atoms with Gasteiger partial charge in [-0.1, -0.05) is 59.6 Å². The summed E-state index contributed by atoms with van der Waals surface area (Å²) in [7, 11) is 0. The monoisotopic (exact) mass is 459 g/mol. The molecular formula is C26H19Cl2N3O. The zero-order chi connectivity index (χ0) is 22.7. The second-order valence-electron chi connectivity index (χ2n) is 7.36. The molecule has 1 aromatic heterocycles. The first-order valence-corrected chi connectivity index (χ1v) is 10.7. The fourth-order valence-electron chi connectivity index (χ4n) is 3.67. The van der Waals surface area contributed by atoms with Gasteiger partial charge in [-0.25, -0.2) is 0 Å². The van der Waals surface area contributed by atoms with Gasteiger partial charge in [0.2, 0.25) is 0 Å². The summed E-state index contributed by atoms with van der Waals surface area (Å²) in [5, 5.41) is 14.6. The van der Waals surface area contributed by atoms with Gasteiger partial charge in [-0.05, 0) is 55.0 Å². The molecule has 0 atom stereocenters. The summed E-state index contributed by atoms with van der Waals surface area (Å²) in [6, 6.07) is 24.5. The molecule has 1 amide bonds. The number of nitrogens with zero attached hydrogens (tertiary/aromatic N) is 2. The zero-order valence-electron chi connectivity index (χ0n) is 17.3. The summed E-state index contributed by atoms with van der Waals surface area (Å²) in [5.41, 5.74) is 4.48. The van der Waals surface area contributed by atoms with Crippen LogP contribution in [0.1, 0.15) is 16.8 Å². The summed E-state index contributed by atoms with van der Waals surface area (Å²) in [5.74, 6) is -0.483. The maximum Gasteiger partial charge on any atom is 0.266 e. The Morgan fingerprint density at radius 3 is 2.50 bits per heavy atom. The van der Waals surface area contributed by atoms with Crippen molar-refractivity contribution in [3.63, 3.8) is 0 Å². The molecule has 0 fully saturated rings. The lowest BCUT2D eigenvalue weighted by molar-refractivity contribution is -0.112. The number of nitrogens with one attached hydrogen (secondary N) is 1. The quantitative estimate of drug-likeness (QED) is 0.262. The van der Waals surface area contributed by atoms with Gasteiger partial charge in [0.25, 0.3) is 5.91 Å². The number of halogens is 2. The molecule has 0 bridgehead atoms. The van der Waals surface area contributed by atoms with E-state index in [4.69, 9.17) is 23.2 Å². The normalized spacial score (nSPS) is 11.4. The Hall–Kier alpha value is -3.52. The Labute approximate surface area is 196 Å². The van der Waals surface area contributed by atoms with Crippen LogP contribution >= 0.6 is 23.2 Å². The van der Waals surface area contributed by atoms with E-state index in [1.807, 2.05) is 61.5 Å². The highest BCUT2D eigenvalue weighted by Crippen LogP contribution is 2.29. The molecule has 6 heteroatoms. The number of anilines is 1. The second-order valence-corrected chi connectivity index (χ2v) is 8.24. The van der Waals surface area contributed by atoms with Gasteiger partial charge in [-0.15, -0.1) is 0 Å². The van der Waals surface area contributed by atoms with Crippen LogP contribution in [0.25, 0.3) is 17.0 Å². The SMILES string of the molecule is Cc1c(/C=C(/C#N)C(=O)Nc2cccc(Cl)c2)c2ccccc2n1Cc1ccc(Cl)cc1. The first-order valence-electron chi connectivity index (χ1n) is 9.97.